The molecule has 11 nitrogen and oxygen atoms in total. The Hall–Kier alpha value is -4.98. The number of carbonyl (C=O) groups excluding carboxylic acids is 3. The van der Waals surface area contributed by atoms with Crippen molar-refractivity contribution in [3.8, 4) is 6.07 Å². The van der Waals surface area contributed by atoms with E-state index in [1.807, 2.05) is 19.1 Å². The average molecular weight is 584 g/mol. The van der Waals surface area contributed by atoms with Crippen LogP contribution in [0.3, 0.4) is 0 Å². The van der Waals surface area contributed by atoms with E-state index in [0.717, 1.165) is 24.0 Å². The van der Waals surface area contributed by atoms with E-state index in [9.17, 15) is 29.5 Å². The Labute approximate surface area is 248 Å². The van der Waals surface area contributed by atoms with Gasteiger partial charge < -0.3 is 24.6 Å². The highest BCUT2D eigenvalue weighted by Crippen LogP contribution is 2.25. The summed E-state index contributed by atoms with van der Waals surface area (Å²) in [5.41, 5.74) is 1.36. The lowest BCUT2D eigenvalue weighted by atomic mass is 9.96. The van der Waals surface area contributed by atoms with Gasteiger partial charge in [-0.2, -0.15) is 5.26 Å². The molecule has 2 aliphatic rings. The Morgan fingerprint density at radius 2 is 1.74 bits per heavy atom. The van der Waals surface area contributed by atoms with Gasteiger partial charge in [0.2, 0.25) is 11.8 Å². The molecule has 11 heteroatoms. The molecule has 2 saturated heterocycles. The van der Waals surface area contributed by atoms with Crippen molar-refractivity contribution in [3.63, 3.8) is 0 Å². The lowest BCUT2D eigenvalue weighted by molar-refractivity contribution is -0.140. The van der Waals surface area contributed by atoms with Gasteiger partial charge in [0.25, 0.3) is 0 Å². The number of aliphatic imine (C=N–C) groups is 1. The van der Waals surface area contributed by atoms with E-state index in [1.165, 1.54) is 29.2 Å². The molecule has 222 valence electrons. The molecule has 2 atom stereocenters. The van der Waals surface area contributed by atoms with E-state index in [1.54, 1.807) is 23.1 Å². The molecule has 2 N–H and O–H groups in total. The van der Waals surface area contributed by atoms with Crippen molar-refractivity contribution < 1.29 is 28.7 Å². The Kier molecular flexibility index (Phi) is 8.85. The van der Waals surface area contributed by atoms with Gasteiger partial charge in [0, 0.05) is 36.3 Å². The second-order valence-corrected chi connectivity index (χ2v) is 10.9. The van der Waals surface area contributed by atoms with Crippen LogP contribution >= 0.6 is 0 Å². The number of amides is 2. The van der Waals surface area contributed by atoms with Crippen LogP contribution in [0.1, 0.15) is 58.6 Å². The highest BCUT2D eigenvalue weighted by Gasteiger charge is 2.33. The first-order chi connectivity index (χ1) is 20.7. The predicted octanol–water partition coefficient (Wildman–Crippen LogP) is 4.28. The number of carboxylic acids is 1. The van der Waals surface area contributed by atoms with Gasteiger partial charge in [-0.1, -0.05) is 12.1 Å². The minimum absolute atomic E-state index is 0.000414. The molecule has 1 unspecified atom stereocenters. The van der Waals surface area contributed by atoms with E-state index in [4.69, 9.17) is 9.41 Å². The third kappa shape index (κ3) is 6.75. The first-order valence-corrected chi connectivity index (χ1v) is 14.4. The lowest BCUT2D eigenvalue weighted by Gasteiger charge is -2.25. The van der Waals surface area contributed by atoms with E-state index in [0.29, 0.717) is 50.2 Å². The zero-order valence-corrected chi connectivity index (χ0v) is 23.9. The molecule has 2 aromatic carbocycles. The average Bonchev–Trinajstić information content (AvgIpc) is 3.63. The van der Waals surface area contributed by atoms with Crippen LogP contribution in [0.4, 0.5) is 5.69 Å². The van der Waals surface area contributed by atoms with Crippen molar-refractivity contribution in [2.75, 3.05) is 31.5 Å². The number of nitrogens with one attached hydrogen (secondary N) is 1. The second-order valence-electron chi connectivity index (χ2n) is 10.9. The molecule has 43 heavy (non-hydrogen) atoms. The molecule has 0 saturated carbocycles. The molecule has 0 aliphatic carbocycles. The normalized spacial score (nSPS) is 18.3. The summed E-state index contributed by atoms with van der Waals surface area (Å²) in [6.45, 7) is 3.62. The van der Waals surface area contributed by atoms with Crippen LogP contribution in [0.2, 0.25) is 0 Å². The van der Waals surface area contributed by atoms with Crippen LogP contribution in [-0.4, -0.2) is 76.5 Å². The van der Waals surface area contributed by atoms with Crippen molar-refractivity contribution in [3.05, 3.63) is 65.4 Å². The number of hydrogen-bond acceptors (Lipinski definition) is 7. The van der Waals surface area contributed by atoms with E-state index < -0.39 is 23.7 Å². The van der Waals surface area contributed by atoms with Crippen LogP contribution in [-0.2, 0) is 9.59 Å². The number of amidine groups is 1. The van der Waals surface area contributed by atoms with Gasteiger partial charge in [0.15, 0.2) is 11.7 Å². The minimum atomic E-state index is -1.41. The summed E-state index contributed by atoms with van der Waals surface area (Å²) >= 11 is 0. The number of carbonyl (C=O) groups is 4. The van der Waals surface area contributed by atoms with Gasteiger partial charge in [-0.05, 0) is 75.4 Å². The number of fused-ring (bicyclic) bond motifs is 1. The first kappa shape index (κ1) is 29.5. The Bertz CT molecular complexity index is 1610. The number of Topliss-reactive ketones (excluding diaryl/α,β-unsaturated/α-hetero) is 1. The van der Waals surface area contributed by atoms with E-state index in [-0.39, 0.29) is 35.3 Å². The molecular formula is C32H33N5O6. The van der Waals surface area contributed by atoms with Crippen LogP contribution in [0.15, 0.2) is 57.9 Å². The summed E-state index contributed by atoms with van der Waals surface area (Å²) in [5, 5.41) is 23.4. The number of rotatable bonds is 8. The fourth-order valence-corrected chi connectivity index (χ4v) is 5.53. The Morgan fingerprint density at radius 3 is 2.44 bits per heavy atom. The lowest BCUT2D eigenvalue weighted by Crippen LogP contribution is -2.45. The number of likely N-dealkylation sites (tertiary alicyclic amines) is 2. The molecule has 3 heterocycles. The standard InChI is InChI=1S/C32H33N5O6/c1-20-16-23-17-24(11-12-27(23)43-20)34-30(25(18-33)29(39)21-7-9-22(10-8-21)32(41)42)35-26-6-2-3-15-37(31(26)40)19-28(38)36-13-4-5-14-36/h7-12,16-17,25-26H,2-6,13-15,19H2,1H3,(H,34,35)(H,41,42)/t25?,26-/m0/s1. The number of benzene rings is 2. The number of ketones is 1. The maximum Gasteiger partial charge on any atom is 0.335 e. The van der Waals surface area contributed by atoms with Crippen molar-refractivity contribution >= 4 is 46.1 Å². The zero-order chi connectivity index (χ0) is 30.5. The van der Waals surface area contributed by atoms with Gasteiger partial charge in [-0.15, -0.1) is 0 Å². The Balaban J connectivity index is 1.47. The highest BCUT2D eigenvalue weighted by molar-refractivity contribution is 6.18. The van der Waals surface area contributed by atoms with Crippen LogP contribution in [0, 0.1) is 24.2 Å². The maximum atomic E-state index is 13.7. The molecule has 2 amide bonds. The van der Waals surface area contributed by atoms with Gasteiger partial charge in [0.1, 0.15) is 23.2 Å². The molecule has 0 spiro atoms. The predicted molar refractivity (Wildman–Crippen MR) is 159 cm³/mol. The number of furan rings is 1. The van der Waals surface area contributed by atoms with Crippen molar-refractivity contribution in [2.24, 2.45) is 10.9 Å². The van der Waals surface area contributed by atoms with Gasteiger partial charge in [0.05, 0.1) is 18.2 Å². The molecule has 0 radical (unpaired) electrons. The summed E-state index contributed by atoms with van der Waals surface area (Å²) in [4.78, 5) is 59.5. The van der Waals surface area contributed by atoms with Crippen molar-refractivity contribution in [1.29, 1.82) is 5.26 Å². The van der Waals surface area contributed by atoms with Crippen molar-refractivity contribution in [2.45, 2.75) is 45.1 Å². The number of anilines is 1. The van der Waals surface area contributed by atoms with Crippen LogP contribution < -0.4 is 5.32 Å². The van der Waals surface area contributed by atoms with Crippen molar-refractivity contribution in [1.82, 2.24) is 9.80 Å². The third-order valence-electron chi connectivity index (χ3n) is 7.83. The number of hydrogen-bond donors (Lipinski definition) is 2. The Morgan fingerprint density at radius 1 is 1.05 bits per heavy atom. The smallest absolute Gasteiger partial charge is 0.335 e. The molecule has 5 rings (SSSR count). The monoisotopic (exact) mass is 583 g/mol. The van der Waals surface area contributed by atoms with Gasteiger partial charge >= 0.3 is 5.97 Å². The summed E-state index contributed by atoms with van der Waals surface area (Å²) in [7, 11) is 0. The van der Waals surface area contributed by atoms with Crippen LogP contribution in [0.25, 0.3) is 11.0 Å². The first-order valence-electron chi connectivity index (χ1n) is 14.4. The molecule has 3 aromatic rings. The fraction of sp³-hybridized carbons (Fsp3) is 0.375. The SMILES string of the molecule is Cc1cc2cc(NC(=N[C@H]3CCCCN(CC(=O)N4CCCC4)C3=O)C(C#N)C(=O)c3ccc(C(=O)O)cc3)ccc2o1. The third-order valence-corrected chi connectivity index (χ3v) is 7.83. The summed E-state index contributed by atoms with van der Waals surface area (Å²) in [6.07, 6.45) is 3.70. The number of aromatic carboxylic acids is 1. The maximum absolute atomic E-state index is 13.7. The summed E-state index contributed by atoms with van der Waals surface area (Å²) in [5.74, 6) is -2.82. The van der Waals surface area contributed by atoms with Gasteiger partial charge in [-0.3, -0.25) is 19.4 Å². The fourth-order valence-electron chi connectivity index (χ4n) is 5.53. The summed E-state index contributed by atoms with van der Waals surface area (Å²) in [6, 6.07) is 13.6. The molecule has 1 aromatic heterocycles. The number of carboxylic acid groups (broad SMARTS) is 1. The zero-order valence-electron chi connectivity index (χ0n) is 23.9. The highest BCUT2D eigenvalue weighted by atomic mass is 16.4. The molecular weight excluding hydrogens is 550 g/mol. The van der Waals surface area contributed by atoms with Crippen LogP contribution in [0.5, 0.6) is 0 Å². The number of nitriles is 1. The second kappa shape index (κ2) is 12.9. The molecule has 0 bridgehead atoms. The molecule has 2 fully saturated rings. The summed E-state index contributed by atoms with van der Waals surface area (Å²) < 4.78 is 5.66. The quantitative estimate of drug-likeness (QED) is 0.226. The van der Waals surface area contributed by atoms with E-state index >= 15 is 0 Å². The molecule has 2 aliphatic heterocycles. The minimum Gasteiger partial charge on any atom is -0.478 e. The topological polar surface area (TPSA) is 156 Å². The van der Waals surface area contributed by atoms with Gasteiger partial charge in [-0.25, -0.2) is 4.79 Å². The number of nitrogens with zero attached hydrogens (tertiary/aromatic N) is 4. The van der Waals surface area contributed by atoms with E-state index in [2.05, 4.69) is 5.32 Å². The largest absolute Gasteiger partial charge is 0.478 e. The number of aryl methyl sites for hydroxylation is 1.